The topological polar surface area (TPSA) is 70.8 Å². The average molecular weight is 300 g/mol. The Hall–Kier alpha value is -1.18. The number of sulfonamides is 1. The summed E-state index contributed by atoms with van der Waals surface area (Å²) in [7, 11) is -2.09. The summed E-state index contributed by atoms with van der Waals surface area (Å²) in [4.78, 5) is 12.9. The molecule has 0 radical (unpaired) electrons. The van der Waals surface area contributed by atoms with Crippen LogP contribution in [0.15, 0.2) is 21.6 Å². The molecule has 0 spiro atoms. The highest BCUT2D eigenvalue weighted by atomic mass is 32.2. The Bertz CT molecular complexity index is 559. The van der Waals surface area contributed by atoms with Crippen LogP contribution in [0.5, 0.6) is 0 Å². The van der Waals surface area contributed by atoms with Gasteiger partial charge in [0.25, 0.3) is 10.0 Å². The van der Waals surface area contributed by atoms with E-state index in [0.29, 0.717) is 6.29 Å². The molecule has 0 amide bonds. The number of piperidine rings is 1. The number of carbonyl (C=O) groups is 1. The molecular weight excluding hydrogens is 280 g/mol. The second kappa shape index (κ2) is 6.07. The third kappa shape index (κ3) is 2.94. The second-order valence-corrected chi connectivity index (χ2v) is 6.89. The molecule has 1 fully saturated rings. The van der Waals surface area contributed by atoms with Crippen LogP contribution in [0.4, 0.5) is 0 Å². The van der Waals surface area contributed by atoms with Crippen LogP contribution in [0.1, 0.15) is 30.3 Å². The molecule has 0 atom stereocenters. The van der Waals surface area contributed by atoms with Gasteiger partial charge in [-0.1, -0.05) is 6.92 Å². The molecule has 7 heteroatoms. The number of nitrogens with zero attached hydrogens (tertiary/aromatic N) is 2. The summed E-state index contributed by atoms with van der Waals surface area (Å²) >= 11 is 0. The van der Waals surface area contributed by atoms with Crippen molar-refractivity contribution in [3.05, 3.63) is 17.9 Å². The number of likely N-dealkylation sites (tertiary alicyclic amines) is 1. The Balaban J connectivity index is 2.11. The van der Waals surface area contributed by atoms with Gasteiger partial charge in [0.05, 0.1) is 0 Å². The van der Waals surface area contributed by atoms with Gasteiger partial charge in [-0.3, -0.25) is 4.79 Å². The minimum absolute atomic E-state index is 0.0208. The van der Waals surface area contributed by atoms with Crippen molar-refractivity contribution in [2.45, 2.75) is 30.9 Å². The Kier molecular flexibility index (Phi) is 4.62. The first-order chi connectivity index (χ1) is 9.48. The molecule has 0 aromatic carbocycles. The van der Waals surface area contributed by atoms with Crippen molar-refractivity contribution in [1.82, 2.24) is 9.21 Å². The predicted octanol–water partition coefficient (Wildman–Crippen LogP) is 1.20. The van der Waals surface area contributed by atoms with Crippen LogP contribution >= 0.6 is 0 Å². The summed E-state index contributed by atoms with van der Waals surface area (Å²) in [5.74, 6) is 0.0257. The summed E-state index contributed by atoms with van der Waals surface area (Å²) in [6.45, 7) is 4.90. The minimum atomic E-state index is -3.66. The molecule has 1 aromatic heterocycles. The molecule has 2 rings (SSSR count). The largest absolute Gasteiger partial charge is 0.440 e. The number of carbonyl (C=O) groups excluding carboxylic acids is 1. The van der Waals surface area contributed by atoms with E-state index in [0.717, 1.165) is 32.5 Å². The van der Waals surface area contributed by atoms with Gasteiger partial charge in [0.1, 0.15) is 0 Å². The standard InChI is InChI=1S/C13H20N2O4S/c1-3-15-8-6-11(7-9-15)14(2)20(17,18)13-5-4-12(10-16)19-13/h4-5,10-11H,3,6-9H2,1-2H3. The first-order valence-electron chi connectivity index (χ1n) is 6.74. The maximum atomic E-state index is 12.4. The van der Waals surface area contributed by atoms with Gasteiger partial charge in [0.15, 0.2) is 12.0 Å². The molecule has 0 saturated carbocycles. The van der Waals surface area contributed by atoms with E-state index < -0.39 is 10.0 Å². The van der Waals surface area contributed by atoms with Crippen LogP contribution in [0.2, 0.25) is 0 Å². The number of furan rings is 1. The van der Waals surface area contributed by atoms with Crippen LogP contribution < -0.4 is 0 Å². The molecular formula is C13H20N2O4S. The van der Waals surface area contributed by atoms with Crippen molar-refractivity contribution in [2.24, 2.45) is 0 Å². The summed E-state index contributed by atoms with van der Waals surface area (Å²) in [6.07, 6.45) is 2.12. The van der Waals surface area contributed by atoms with Crippen LogP contribution in [0, 0.1) is 0 Å². The first-order valence-corrected chi connectivity index (χ1v) is 8.18. The number of rotatable bonds is 5. The highest BCUT2D eigenvalue weighted by molar-refractivity contribution is 7.89. The van der Waals surface area contributed by atoms with Crippen molar-refractivity contribution in [2.75, 3.05) is 26.7 Å². The SMILES string of the molecule is CCN1CCC(N(C)S(=O)(=O)c2ccc(C=O)o2)CC1. The fraction of sp³-hybridized carbons (Fsp3) is 0.615. The van der Waals surface area contributed by atoms with E-state index in [1.54, 1.807) is 7.05 Å². The molecule has 0 unspecified atom stereocenters. The fourth-order valence-corrected chi connectivity index (χ4v) is 3.80. The Morgan fingerprint density at radius 2 is 2.05 bits per heavy atom. The van der Waals surface area contributed by atoms with Gasteiger partial charge < -0.3 is 9.32 Å². The molecule has 2 heterocycles. The highest BCUT2D eigenvalue weighted by Gasteiger charge is 2.32. The molecule has 6 nitrogen and oxygen atoms in total. The van der Waals surface area contributed by atoms with Crippen LogP contribution in [-0.2, 0) is 10.0 Å². The molecule has 20 heavy (non-hydrogen) atoms. The van der Waals surface area contributed by atoms with Gasteiger partial charge in [0, 0.05) is 13.1 Å². The van der Waals surface area contributed by atoms with Crippen molar-refractivity contribution in [1.29, 1.82) is 0 Å². The van der Waals surface area contributed by atoms with Gasteiger partial charge in [-0.2, -0.15) is 4.31 Å². The second-order valence-electron chi connectivity index (χ2n) is 4.96. The number of hydrogen-bond donors (Lipinski definition) is 0. The van der Waals surface area contributed by atoms with Crippen LogP contribution in [0.3, 0.4) is 0 Å². The summed E-state index contributed by atoms with van der Waals surface area (Å²) in [5.41, 5.74) is 0. The quantitative estimate of drug-likeness (QED) is 0.764. The van der Waals surface area contributed by atoms with E-state index in [2.05, 4.69) is 11.8 Å². The molecule has 1 aliphatic rings. The lowest BCUT2D eigenvalue weighted by atomic mass is 10.1. The lowest BCUT2D eigenvalue weighted by Crippen LogP contribution is -2.45. The van der Waals surface area contributed by atoms with Crippen molar-refractivity contribution < 1.29 is 17.6 Å². The van der Waals surface area contributed by atoms with Gasteiger partial charge in [0.2, 0.25) is 5.09 Å². The molecule has 0 N–H and O–H groups in total. The van der Waals surface area contributed by atoms with Gasteiger partial charge in [-0.05, 0) is 44.6 Å². The molecule has 1 aromatic rings. The number of aldehydes is 1. The predicted molar refractivity (Wildman–Crippen MR) is 74.2 cm³/mol. The van der Waals surface area contributed by atoms with Gasteiger partial charge >= 0.3 is 0 Å². The van der Waals surface area contributed by atoms with Crippen molar-refractivity contribution in [3.63, 3.8) is 0 Å². The van der Waals surface area contributed by atoms with Crippen LogP contribution in [0.25, 0.3) is 0 Å². The third-order valence-corrected chi connectivity index (χ3v) is 5.65. The van der Waals surface area contributed by atoms with E-state index in [1.807, 2.05) is 0 Å². The van der Waals surface area contributed by atoms with E-state index in [1.165, 1.54) is 16.4 Å². The lowest BCUT2D eigenvalue weighted by molar-refractivity contribution is 0.109. The zero-order chi connectivity index (χ0) is 14.8. The number of hydrogen-bond acceptors (Lipinski definition) is 5. The summed E-state index contributed by atoms with van der Waals surface area (Å²) < 4.78 is 31.2. The molecule has 1 aliphatic heterocycles. The van der Waals surface area contributed by atoms with Crippen molar-refractivity contribution >= 4 is 16.3 Å². The van der Waals surface area contributed by atoms with E-state index in [4.69, 9.17) is 4.42 Å². The van der Waals surface area contributed by atoms with Crippen molar-refractivity contribution in [3.8, 4) is 0 Å². The van der Waals surface area contributed by atoms with E-state index in [-0.39, 0.29) is 16.9 Å². The Labute approximate surface area is 119 Å². The first kappa shape index (κ1) is 15.2. The lowest BCUT2D eigenvalue weighted by Gasteiger charge is -2.35. The highest BCUT2D eigenvalue weighted by Crippen LogP contribution is 2.23. The average Bonchev–Trinajstić information content (AvgIpc) is 2.96. The zero-order valence-electron chi connectivity index (χ0n) is 11.8. The Morgan fingerprint density at radius 3 is 2.55 bits per heavy atom. The Morgan fingerprint density at radius 1 is 1.40 bits per heavy atom. The molecule has 112 valence electrons. The van der Waals surface area contributed by atoms with Gasteiger partial charge in [-0.15, -0.1) is 0 Å². The third-order valence-electron chi connectivity index (χ3n) is 3.87. The maximum absolute atomic E-state index is 12.4. The summed E-state index contributed by atoms with van der Waals surface area (Å²) in [6, 6.07) is 2.68. The maximum Gasteiger partial charge on any atom is 0.276 e. The molecule has 0 bridgehead atoms. The minimum Gasteiger partial charge on any atom is -0.440 e. The monoisotopic (exact) mass is 300 g/mol. The normalized spacial score (nSPS) is 18.6. The van der Waals surface area contributed by atoms with Crippen LogP contribution in [-0.4, -0.2) is 56.6 Å². The summed E-state index contributed by atoms with van der Waals surface area (Å²) in [5, 5.41) is -0.167. The smallest absolute Gasteiger partial charge is 0.276 e. The molecule has 1 saturated heterocycles. The van der Waals surface area contributed by atoms with Gasteiger partial charge in [-0.25, -0.2) is 8.42 Å². The van der Waals surface area contributed by atoms with E-state index >= 15 is 0 Å². The van der Waals surface area contributed by atoms with E-state index in [9.17, 15) is 13.2 Å². The molecule has 0 aliphatic carbocycles. The fourth-order valence-electron chi connectivity index (χ4n) is 2.47. The zero-order valence-corrected chi connectivity index (χ0v) is 12.6.